The maximum atomic E-state index is 12.6. The second-order valence-corrected chi connectivity index (χ2v) is 5.53. The zero-order valence-electron chi connectivity index (χ0n) is 12.9. The van der Waals surface area contributed by atoms with Crippen molar-refractivity contribution in [1.29, 1.82) is 10.5 Å². The quantitative estimate of drug-likeness (QED) is 0.817. The van der Waals surface area contributed by atoms with E-state index in [9.17, 15) is 13.2 Å². The normalized spacial score (nSPS) is 16.3. The third kappa shape index (κ3) is 4.40. The molecule has 25 heavy (non-hydrogen) atoms. The van der Waals surface area contributed by atoms with Crippen molar-refractivity contribution in [3.8, 4) is 12.1 Å². The fourth-order valence-corrected chi connectivity index (χ4v) is 2.26. The molecule has 1 aliphatic rings. The Kier molecular flexibility index (Phi) is 5.50. The zero-order valence-corrected chi connectivity index (χ0v) is 13.6. The summed E-state index contributed by atoms with van der Waals surface area (Å²) in [7, 11) is 0. The summed E-state index contributed by atoms with van der Waals surface area (Å²) >= 11 is 5.81. The number of pyridine rings is 1. The van der Waals surface area contributed by atoms with Crippen LogP contribution in [-0.2, 0) is 11.0 Å². The highest BCUT2D eigenvalue weighted by atomic mass is 35.5. The Morgan fingerprint density at radius 1 is 1.44 bits per heavy atom. The summed E-state index contributed by atoms with van der Waals surface area (Å²) in [6, 6.07) is 4.33. The Labute approximate surface area is 146 Å². The third-order valence-corrected chi connectivity index (χ3v) is 3.72. The lowest BCUT2D eigenvalue weighted by atomic mass is 10.0. The summed E-state index contributed by atoms with van der Waals surface area (Å²) in [5.74, 6) is 0.0914. The van der Waals surface area contributed by atoms with Crippen molar-refractivity contribution in [2.24, 2.45) is 5.16 Å². The molecule has 0 radical (unpaired) electrons. The standard InChI is InChI=1S/C15H11ClF3N5O/c1-8(9(4-20)5-21)13-3-11(25-24-13)7-23-14-12(16)2-10(6-22-14)15(17,18)19/h2,6,11H,3,7H2,1H3,(H,22,23). The van der Waals surface area contributed by atoms with Crippen LogP contribution in [0.4, 0.5) is 19.0 Å². The summed E-state index contributed by atoms with van der Waals surface area (Å²) in [6.45, 7) is 1.78. The molecule has 2 rings (SSSR count). The van der Waals surface area contributed by atoms with Crippen molar-refractivity contribution in [2.45, 2.75) is 25.6 Å². The van der Waals surface area contributed by atoms with Gasteiger partial charge in [0.25, 0.3) is 0 Å². The first-order chi connectivity index (χ1) is 11.8. The van der Waals surface area contributed by atoms with Crippen molar-refractivity contribution in [3.63, 3.8) is 0 Å². The number of anilines is 1. The molecule has 0 saturated carbocycles. The number of oxime groups is 1. The van der Waals surface area contributed by atoms with E-state index in [4.69, 9.17) is 27.0 Å². The minimum atomic E-state index is -4.52. The molecule has 1 aromatic heterocycles. The summed E-state index contributed by atoms with van der Waals surface area (Å²) in [6.07, 6.45) is -3.92. The van der Waals surface area contributed by atoms with Crippen molar-refractivity contribution < 1.29 is 18.0 Å². The number of aromatic nitrogens is 1. The van der Waals surface area contributed by atoms with E-state index in [-0.39, 0.29) is 23.0 Å². The zero-order chi connectivity index (χ0) is 18.6. The number of nitriles is 2. The summed E-state index contributed by atoms with van der Waals surface area (Å²) < 4.78 is 37.7. The van der Waals surface area contributed by atoms with E-state index < -0.39 is 17.8 Å². The monoisotopic (exact) mass is 369 g/mol. The molecule has 1 unspecified atom stereocenters. The van der Waals surface area contributed by atoms with E-state index in [2.05, 4.69) is 15.5 Å². The Balaban J connectivity index is 1.98. The molecule has 10 heteroatoms. The van der Waals surface area contributed by atoms with Gasteiger partial charge in [0.1, 0.15) is 29.6 Å². The number of nitrogens with zero attached hydrogens (tertiary/aromatic N) is 4. The van der Waals surface area contributed by atoms with Gasteiger partial charge in [0, 0.05) is 18.2 Å². The van der Waals surface area contributed by atoms with E-state index in [1.165, 1.54) is 0 Å². The third-order valence-electron chi connectivity index (χ3n) is 3.43. The first-order valence-corrected chi connectivity index (χ1v) is 7.34. The summed E-state index contributed by atoms with van der Waals surface area (Å²) in [5, 5.41) is 24.1. The van der Waals surface area contributed by atoms with Crippen molar-refractivity contribution in [1.82, 2.24) is 4.98 Å². The van der Waals surface area contributed by atoms with Crippen LogP contribution in [0.15, 0.2) is 28.6 Å². The van der Waals surface area contributed by atoms with Crippen LogP contribution < -0.4 is 5.32 Å². The topological polar surface area (TPSA) is 94.1 Å². The number of rotatable bonds is 4. The predicted molar refractivity (Wildman–Crippen MR) is 83.6 cm³/mol. The van der Waals surface area contributed by atoms with E-state index in [1.54, 1.807) is 19.1 Å². The van der Waals surface area contributed by atoms with Crippen LogP contribution in [0, 0.1) is 22.7 Å². The highest BCUT2D eigenvalue weighted by Gasteiger charge is 2.31. The molecule has 1 atom stereocenters. The molecule has 1 N–H and O–H groups in total. The Morgan fingerprint density at radius 2 is 2.12 bits per heavy atom. The number of nitrogens with one attached hydrogen (secondary N) is 1. The van der Waals surface area contributed by atoms with Gasteiger partial charge in [-0.1, -0.05) is 16.8 Å². The molecule has 0 fully saturated rings. The molecule has 0 aliphatic carbocycles. The highest BCUT2D eigenvalue weighted by molar-refractivity contribution is 6.32. The molecule has 2 heterocycles. The average Bonchev–Trinajstić information content (AvgIpc) is 3.02. The van der Waals surface area contributed by atoms with Crippen LogP contribution in [0.25, 0.3) is 0 Å². The lowest BCUT2D eigenvalue weighted by molar-refractivity contribution is -0.137. The minimum absolute atomic E-state index is 0.0524. The number of hydrogen-bond donors (Lipinski definition) is 1. The average molecular weight is 370 g/mol. The van der Waals surface area contributed by atoms with Crippen molar-refractivity contribution in [3.05, 3.63) is 34.0 Å². The van der Waals surface area contributed by atoms with Crippen molar-refractivity contribution in [2.75, 3.05) is 11.9 Å². The van der Waals surface area contributed by atoms with E-state index >= 15 is 0 Å². The minimum Gasteiger partial charge on any atom is -0.390 e. The van der Waals surface area contributed by atoms with Gasteiger partial charge in [0.05, 0.1) is 22.8 Å². The first kappa shape index (κ1) is 18.6. The lowest BCUT2D eigenvalue weighted by Crippen LogP contribution is -2.21. The molecule has 1 aromatic rings. The van der Waals surface area contributed by atoms with E-state index in [1.807, 2.05) is 0 Å². The largest absolute Gasteiger partial charge is 0.417 e. The first-order valence-electron chi connectivity index (χ1n) is 6.97. The number of alkyl halides is 3. The molecule has 0 amide bonds. The summed E-state index contributed by atoms with van der Waals surface area (Å²) in [5.41, 5.74) is -0.0925. The SMILES string of the molecule is CC(C1=NOC(CNc2ncc(C(F)(F)F)cc2Cl)C1)=C(C#N)C#N. The second-order valence-electron chi connectivity index (χ2n) is 5.13. The van der Waals surface area contributed by atoms with Gasteiger partial charge in [-0.3, -0.25) is 0 Å². The fraction of sp³-hybridized carbons (Fsp3) is 0.333. The second kappa shape index (κ2) is 7.41. The van der Waals surface area contributed by atoms with Crippen LogP contribution in [-0.4, -0.2) is 23.3 Å². The molecule has 0 spiro atoms. The molecule has 0 saturated heterocycles. The smallest absolute Gasteiger partial charge is 0.390 e. The van der Waals surface area contributed by atoms with Crippen LogP contribution in [0.5, 0.6) is 0 Å². The predicted octanol–water partition coefficient (Wildman–Crippen LogP) is 3.67. The highest BCUT2D eigenvalue weighted by Crippen LogP contribution is 2.32. The molecule has 130 valence electrons. The Hall–Kier alpha value is -2.78. The lowest BCUT2D eigenvalue weighted by Gasteiger charge is -2.13. The number of hydrogen-bond acceptors (Lipinski definition) is 6. The molecule has 6 nitrogen and oxygen atoms in total. The van der Waals surface area contributed by atoms with Gasteiger partial charge in [0.15, 0.2) is 0 Å². The molecular weight excluding hydrogens is 359 g/mol. The molecule has 0 bridgehead atoms. The number of allylic oxidation sites excluding steroid dienone is 2. The summed E-state index contributed by atoms with van der Waals surface area (Å²) in [4.78, 5) is 8.85. The maximum Gasteiger partial charge on any atom is 0.417 e. The van der Waals surface area contributed by atoms with Crippen molar-refractivity contribution >= 4 is 23.1 Å². The van der Waals surface area contributed by atoms with Gasteiger partial charge in [-0.15, -0.1) is 0 Å². The van der Waals surface area contributed by atoms with E-state index in [0.717, 1.165) is 6.07 Å². The molecule has 0 aromatic carbocycles. The number of halogens is 4. The van der Waals surface area contributed by atoms with Gasteiger partial charge >= 0.3 is 6.18 Å². The Bertz CT molecular complexity index is 804. The van der Waals surface area contributed by atoms with Crippen LogP contribution in [0.2, 0.25) is 5.02 Å². The molecular formula is C15H11ClF3N5O. The van der Waals surface area contributed by atoms with Crippen LogP contribution in [0.1, 0.15) is 18.9 Å². The van der Waals surface area contributed by atoms with Gasteiger partial charge < -0.3 is 10.2 Å². The van der Waals surface area contributed by atoms with Crippen LogP contribution >= 0.6 is 11.6 Å². The van der Waals surface area contributed by atoms with Gasteiger partial charge in [-0.25, -0.2) is 4.98 Å². The van der Waals surface area contributed by atoms with E-state index in [0.29, 0.717) is 23.9 Å². The Morgan fingerprint density at radius 3 is 2.68 bits per heavy atom. The maximum absolute atomic E-state index is 12.6. The van der Waals surface area contributed by atoms with Gasteiger partial charge in [0.2, 0.25) is 0 Å². The van der Waals surface area contributed by atoms with Crippen LogP contribution in [0.3, 0.4) is 0 Å². The van der Waals surface area contributed by atoms with Gasteiger partial charge in [-0.2, -0.15) is 23.7 Å². The van der Waals surface area contributed by atoms with Gasteiger partial charge in [-0.05, 0) is 13.0 Å². The fourth-order valence-electron chi connectivity index (χ4n) is 2.03. The molecule has 1 aliphatic heterocycles.